The maximum absolute atomic E-state index is 13.7. The fourth-order valence-corrected chi connectivity index (χ4v) is 6.15. The van der Waals surface area contributed by atoms with Crippen LogP contribution in [0.15, 0.2) is 48.6 Å². The molecule has 2 aliphatic heterocycles. The smallest absolute Gasteiger partial charge is 0.347 e. The molecule has 2 aromatic carbocycles. The third kappa shape index (κ3) is 10.1. The third-order valence-electron chi connectivity index (χ3n) is 9.02. The summed E-state index contributed by atoms with van der Waals surface area (Å²) in [4.78, 5) is 53.8. The highest BCUT2D eigenvalue weighted by molar-refractivity contribution is 6.32. The second-order valence-corrected chi connectivity index (χ2v) is 14.6. The summed E-state index contributed by atoms with van der Waals surface area (Å²) in [6, 6.07) is 10.4. The number of carbonyl (C=O) groups excluding carboxylic acids is 4. The van der Waals surface area contributed by atoms with Crippen molar-refractivity contribution >= 4 is 35.4 Å². The maximum atomic E-state index is 13.7. The van der Waals surface area contributed by atoms with E-state index < -0.39 is 47.4 Å². The largest absolute Gasteiger partial charge is 0.495 e. The number of ether oxygens (including phenoxy) is 4. The Labute approximate surface area is 294 Å². The Morgan fingerprint density at radius 3 is 2.43 bits per heavy atom. The monoisotopic (exact) mass is 696 g/mol. The van der Waals surface area contributed by atoms with Crippen LogP contribution in [0.25, 0.3) is 0 Å². The Bertz CT molecular complexity index is 1570. The maximum Gasteiger partial charge on any atom is 0.347 e. The van der Waals surface area contributed by atoms with Gasteiger partial charge in [-0.05, 0) is 74.9 Å². The van der Waals surface area contributed by atoms with Crippen LogP contribution in [0.3, 0.4) is 0 Å². The Balaban J connectivity index is 1.62. The van der Waals surface area contributed by atoms with Gasteiger partial charge in [0.25, 0.3) is 0 Å². The molecule has 0 saturated carbocycles. The summed E-state index contributed by atoms with van der Waals surface area (Å²) in [7, 11) is 1.51. The number of cyclic esters (lactones) is 2. The predicted molar refractivity (Wildman–Crippen MR) is 186 cm³/mol. The van der Waals surface area contributed by atoms with Crippen molar-refractivity contribution in [1.29, 1.82) is 0 Å². The van der Waals surface area contributed by atoms with Gasteiger partial charge in [0.1, 0.15) is 24.0 Å². The number of epoxide rings is 1. The molecule has 0 spiro atoms. The molecule has 0 radical (unpaired) electrons. The Morgan fingerprint density at radius 1 is 1.02 bits per heavy atom. The SMILES string of the molecule is COc1ccc(C[C@H]2NC(=O)/C=C/C[C@@H]([C@H](C)[C@@H]3O[C@H]3c3cc(C)ccc3C)OC(=O)[C@H](CC(C)C)OC(=O)C(C)(C)CNC2=O)cc1Cl. The van der Waals surface area contributed by atoms with Gasteiger partial charge in [0, 0.05) is 25.3 Å². The van der Waals surface area contributed by atoms with Gasteiger partial charge < -0.3 is 29.6 Å². The Kier molecular flexibility index (Phi) is 12.5. The normalized spacial score (nSPS) is 26.2. The number of methoxy groups -OCH3 is 1. The van der Waals surface area contributed by atoms with Crippen molar-refractivity contribution in [2.24, 2.45) is 17.3 Å². The molecule has 0 aromatic heterocycles. The van der Waals surface area contributed by atoms with Gasteiger partial charge in [-0.2, -0.15) is 0 Å². The lowest BCUT2D eigenvalue weighted by Gasteiger charge is -2.29. The van der Waals surface area contributed by atoms with E-state index in [0.29, 0.717) is 16.3 Å². The summed E-state index contributed by atoms with van der Waals surface area (Å²) in [5, 5.41) is 5.93. The lowest BCUT2D eigenvalue weighted by Crippen LogP contribution is -2.51. The van der Waals surface area contributed by atoms with Gasteiger partial charge in [-0.15, -0.1) is 0 Å². The Hall–Kier alpha value is -3.89. The first-order valence-corrected chi connectivity index (χ1v) is 17.2. The molecule has 2 heterocycles. The molecule has 2 aromatic rings. The van der Waals surface area contributed by atoms with Crippen LogP contribution in [0.2, 0.25) is 5.02 Å². The number of amides is 2. The fraction of sp³-hybridized carbons (Fsp3) is 0.526. The van der Waals surface area contributed by atoms with E-state index in [1.807, 2.05) is 34.6 Å². The number of rotatable bonds is 8. The molecule has 266 valence electrons. The average Bonchev–Trinajstić information content (AvgIpc) is 3.83. The summed E-state index contributed by atoms with van der Waals surface area (Å²) in [6.07, 6.45) is 1.32. The number of halogens is 1. The zero-order valence-corrected chi connectivity index (χ0v) is 30.4. The van der Waals surface area contributed by atoms with Crippen LogP contribution in [0.4, 0.5) is 0 Å². The minimum atomic E-state index is -1.20. The molecule has 6 atom stereocenters. The van der Waals surface area contributed by atoms with Crippen LogP contribution in [0, 0.1) is 31.1 Å². The number of hydrogen-bond acceptors (Lipinski definition) is 8. The second-order valence-electron chi connectivity index (χ2n) is 14.2. The highest BCUT2D eigenvalue weighted by atomic mass is 35.5. The topological polar surface area (TPSA) is 133 Å². The van der Waals surface area contributed by atoms with Crippen molar-refractivity contribution in [3.05, 3.63) is 75.8 Å². The fourth-order valence-electron chi connectivity index (χ4n) is 5.87. The molecular weight excluding hydrogens is 648 g/mol. The highest BCUT2D eigenvalue weighted by Gasteiger charge is 2.48. The van der Waals surface area contributed by atoms with Crippen LogP contribution in [0.1, 0.15) is 75.8 Å². The number of aryl methyl sites for hydroxylation is 2. The van der Waals surface area contributed by atoms with Gasteiger partial charge in [0.2, 0.25) is 11.8 Å². The van der Waals surface area contributed by atoms with E-state index >= 15 is 0 Å². The second kappa shape index (κ2) is 16.2. The zero-order valence-electron chi connectivity index (χ0n) is 29.6. The molecule has 10 nitrogen and oxygen atoms in total. The average molecular weight is 697 g/mol. The molecule has 1 fully saturated rings. The number of esters is 2. The molecule has 2 aliphatic rings. The predicted octanol–water partition coefficient (Wildman–Crippen LogP) is 5.74. The number of hydrogen-bond donors (Lipinski definition) is 2. The molecular formula is C38H49ClN2O8. The van der Waals surface area contributed by atoms with E-state index in [1.54, 1.807) is 38.1 Å². The molecule has 2 amide bonds. The van der Waals surface area contributed by atoms with E-state index in [1.165, 1.54) is 13.2 Å². The third-order valence-corrected chi connectivity index (χ3v) is 9.32. The number of nitrogens with one attached hydrogen (secondary N) is 2. The van der Waals surface area contributed by atoms with E-state index in [9.17, 15) is 19.2 Å². The minimum Gasteiger partial charge on any atom is -0.495 e. The van der Waals surface area contributed by atoms with Gasteiger partial charge >= 0.3 is 11.9 Å². The van der Waals surface area contributed by atoms with E-state index in [-0.39, 0.29) is 49.9 Å². The molecule has 0 aliphatic carbocycles. The van der Waals surface area contributed by atoms with Crippen molar-refractivity contribution < 1.29 is 38.1 Å². The van der Waals surface area contributed by atoms with Gasteiger partial charge in [-0.3, -0.25) is 14.4 Å². The standard InChI is InChI=1S/C38H49ClN2O8/c1-21(2)16-31-36(44)47-29(24(5)33-34(49-33)26-17-22(3)12-13-23(26)4)10-9-11-32(42)41-28(19-25-14-15-30(46-8)27(39)18-25)35(43)40-20-38(6,7)37(45)48-31/h9,11-15,17-18,21,24,28-29,31,33-34H,10,16,19-20H2,1-8H3,(H,40,43)(H,41,42)/b11-9+/t24-,28+,29-,31-,33-,34-/m0/s1. The van der Waals surface area contributed by atoms with Crippen molar-refractivity contribution in [1.82, 2.24) is 10.6 Å². The quantitative estimate of drug-likeness (QED) is 0.264. The van der Waals surface area contributed by atoms with Gasteiger partial charge in [-0.25, -0.2) is 4.79 Å². The number of carbonyl (C=O) groups is 4. The van der Waals surface area contributed by atoms with Crippen LogP contribution in [-0.4, -0.2) is 61.8 Å². The zero-order chi connectivity index (χ0) is 36.0. The van der Waals surface area contributed by atoms with Crippen molar-refractivity contribution in [3.63, 3.8) is 0 Å². The van der Waals surface area contributed by atoms with Crippen LogP contribution in [-0.2, 0) is 39.8 Å². The summed E-state index contributed by atoms with van der Waals surface area (Å²) in [5.41, 5.74) is 2.81. The first-order chi connectivity index (χ1) is 23.1. The minimum absolute atomic E-state index is 0.0193. The van der Waals surface area contributed by atoms with Gasteiger partial charge in [0.15, 0.2) is 6.10 Å². The summed E-state index contributed by atoms with van der Waals surface area (Å²) < 4.78 is 23.3. The molecule has 0 bridgehead atoms. The lowest BCUT2D eigenvalue weighted by molar-refractivity contribution is -0.179. The molecule has 0 unspecified atom stereocenters. The summed E-state index contributed by atoms with van der Waals surface area (Å²) >= 11 is 6.33. The first-order valence-electron chi connectivity index (χ1n) is 16.8. The molecule has 4 rings (SSSR count). The van der Waals surface area contributed by atoms with E-state index in [0.717, 1.165) is 16.7 Å². The van der Waals surface area contributed by atoms with Gasteiger partial charge in [0.05, 0.1) is 23.7 Å². The van der Waals surface area contributed by atoms with Crippen molar-refractivity contribution in [2.45, 2.75) is 98.2 Å². The van der Waals surface area contributed by atoms with Crippen LogP contribution < -0.4 is 15.4 Å². The highest BCUT2D eigenvalue weighted by Crippen LogP contribution is 2.46. The lowest BCUT2D eigenvalue weighted by atomic mass is 9.91. The Morgan fingerprint density at radius 2 is 1.76 bits per heavy atom. The molecule has 1 saturated heterocycles. The van der Waals surface area contributed by atoms with Crippen LogP contribution in [0.5, 0.6) is 5.75 Å². The van der Waals surface area contributed by atoms with Crippen molar-refractivity contribution in [3.8, 4) is 5.75 Å². The van der Waals surface area contributed by atoms with E-state index in [4.69, 9.17) is 30.5 Å². The molecule has 11 heteroatoms. The van der Waals surface area contributed by atoms with E-state index in [2.05, 4.69) is 28.8 Å². The summed E-state index contributed by atoms with van der Waals surface area (Å²) in [6.45, 7) is 13.0. The molecule has 49 heavy (non-hydrogen) atoms. The van der Waals surface area contributed by atoms with Crippen molar-refractivity contribution in [2.75, 3.05) is 13.7 Å². The van der Waals surface area contributed by atoms with Crippen LogP contribution >= 0.6 is 11.6 Å². The number of benzene rings is 2. The summed E-state index contributed by atoms with van der Waals surface area (Å²) in [5.74, 6) is -2.07. The first kappa shape index (κ1) is 37.9. The molecule has 2 N–H and O–H groups in total. The van der Waals surface area contributed by atoms with Gasteiger partial charge in [-0.1, -0.05) is 68.3 Å².